The molecule has 0 bridgehead atoms. The van der Waals surface area contributed by atoms with E-state index in [0.717, 1.165) is 18.8 Å². The minimum absolute atomic E-state index is 0.216. The molecule has 0 aliphatic heterocycles. The number of rotatable bonds is 4. The van der Waals surface area contributed by atoms with Crippen LogP contribution in [0.15, 0.2) is 22.6 Å². The lowest BCUT2D eigenvalue weighted by atomic mass is 10.0. The molecule has 0 unspecified atom stereocenters. The molecule has 19 heavy (non-hydrogen) atoms. The first kappa shape index (κ1) is 12.2. The number of fused-ring (bicyclic) bond motifs is 1. The number of carboxylic acids is 1. The van der Waals surface area contributed by atoms with Gasteiger partial charge in [0, 0.05) is 6.42 Å². The fourth-order valence-corrected chi connectivity index (χ4v) is 2.90. The van der Waals surface area contributed by atoms with Gasteiger partial charge in [-0.1, -0.05) is 31.7 Å². The van der Waals surface area contributed by atoms with Gasteiger partial charge in [0.15, 0.2) is 11.5 Å². The zero-order valence-electron chi connectivity index (χ0n) is 10.8. The Morgan fingerprint density at radius 3 is 2.89 bits per heavy atom. The quantitative estimate of drug-likeness (QED) is 0.910. The molecule has 1 aliphatic rings. The summed E-state index contributed by atoms with van der Waals surface area (Å²) in [6.07, 6.45) is 7.18. The van der Waals surface area contributed by atoms with Crippen LogP contribution in [-0.4, -0.2) is 16.1 Å². The number of hydrogen-bond acceptors (Lipinski definition) is 3. The van der Waals surface area contributed by atoms with E-state index >= 15 is 0 Å². The van der Waals surface area contributed by atoms with Gasteiger partial charge in [0.1, 0.15) is 5.52 Å². The molecule has 1 aliphatic carbocycles. The first-order chi connectivity index (χ1) is 9.24. The third-order valence-corrected chi connectivity index (χ3v) is 3.93. The van der Waals surface area contributed by atoms with Crippen molar-refractivity contribution >= 4 is 17.1 Å². The number of aromatic nitrogens is 1. The number of carbonyl (C=O) groups is 1. The molecule has 1 N–H and O–H groups in total. The SMILES string of the molecule is O=C(O)c1cccc2oc(CCC3CCCC3)nc12. The van der Waals surface area contributed by atoms with E-state index in [4.69, 9.17) is 9.52 Å². The van der Waals surface area contributed by atoms with Crippen LogP contribution in [0, 0.1) is 5.92 Å². The van der Waals surface area contributed by atoms with Crippen molar-refractivity contribution in [3.8, 4) is 0 Å². The number of nitrogens with zero attached hydrogens (tertiary/aromatic N) is 1. The molecule has 4 nitrogen and oxygen atoms in total. The Kier molecular flexibility index (Phi) is 3.23. The van der Waals surface area contributed by atoms with E-state index in [0.29, 0.717) is 17.0 Å². The van der Waals surface area contributed by atoms with Crippen molar-refractivity contribution < 1.29 is 14.3 Å². The van der Waals surface area contributed by atoms with Gasteiger partial charge in [0.05, 0.1) is 5.56 Å². The number of aromatic carboxylic acids is 1. The van der Waals surface area contributed by atoms with Crippen LogP contribution < -0.4 is 0 Å². The van der Waals surface area contributed by atoms with Crippen LogP contribution in [0.4, 0.5) is 0 Å². The number of hydrogen-bond donors (Lipinski definition) is 1. The lowest BCUT2D eigenvalue weighted by Gasteiger charge is -2.05. The average Bonchev–Trinajstić information content (AvgIpc) is 3.04. The molecule has 1 saturated carbocycles. The van der Waals surface area contributed by atoms with Gasteiger partial charge in [-0.25, -0.2) is 9.78 Å². The lowest BCUT2D eigenvalue weighted by molar-refractivity contribution is 0.0699. The largest absolute Gasteiger partial charge is 0.478 e. The Hall–Kier alpha value is -1.84. The fourth-order valence-electron chi connectivity index (χ4n) is 2.90. The number of para-hydroxylation sites is 1. The van der Waals surface area contributed by atoms with Crippen LogP contribution in [0.3, 0.4) is 0 Å². The molecular weight excluding hydrogens is 242 g/mol. The van der Waals surface area contributed by atoms with Gasteiger partial charge in [-0.05, 0) is 24.5 Å². The maximum absolute atomic E-state index is 11.1. The predicted octanol–water partition coefficient (Wildman–Crippen LogP) is 3.65. The summed E-state index contributed by atoms with van der Waals surface area (Å²) < 4.78 is 5.64. The average molecular weight is 259 g/mol. The molecule has 1 fully saturated rings. The molecule has 4 heteroatoms. The van der Waals surface area contributed by atoms with Crippen molar-refractivity contribution in [1.82, 2.24) is 4.98 Å². The third kappa shape index (κ3) is 2.48. The monoisotopic (exact) mass is 259 g/mol. The zero-order valence-corrected chi connectivity index (χ0v) is 10.8. The molecule has 1 aromatic carbocycles. The second-order valence-corrected chi connectivity index (χ2v) is 5.25. The van der Waals surface area contributed by atoms with E-state index in [9.17, 15) is 4.79 Å². The number of oxazole rings is 1. The summed E-state index contributed by atoms with van der Waals surface area (Å²) in [6, 6.07) is 5.03. The molecule has 3 rings (SSSR count). The van der Waals surface area contributed by atoms with Gasteiger partial charge in [0.25, 0.3) is 0 Å². The normalized spacial score (nSPS) is 16.2. The molecule has 0 amide bonds. The van der Waals surface area contributed by atoms with Crippen molar-refractivity contribution in [1.29, 1.82) is 0 Å². The molecule has 0 saturated heterocycles. The predicted molar refractivity (Wildman–Crippen MR) is 71.2 cm³/mol. The van der Waals surface area contributed by atoms with Crippen LogP contribution in [0.1, 0.15) is 48.4 Å². The summed E-state index contributed by atoms with van der Waals surface area (Å²) in [4.78, 5) is 15.5. The third-order valence-electron chi connectivity index (χ3n) is 3.93. The minimum atomic E-state index is -0.957. The van der Waals surface area contributed by atoms with Gasteiger partial charge in [-0.15, -0.1) is 0 Å². The zero-order chi connectivity index (χ0) is 13.2. The summed E-state index contributed by atoms with van der Waals surface area (Å²) >= 11 is 0. The lowest BCUT2D eigenvalue weighted by Crippen LogP contribution is -1.98. The van der Waals surface area contributed by atoms with Gasteiger partial charge in [-0.2, -0.15) is 0 Å². The van der Waals surface area contributed by atoms with Crippen molar-refractivity contribution in [2.24, 2.45) is 5.92 Å². The summed E-state index contributed by atoms with van der Waals surface area (Å²) in [5, 5.41) is 9.11. The molecule has 0 atom stereocenters. The summed E-state index contributed by atoms with van der Waals surface area (Å²) in [6.45, 7) is 0. The van der Waals surface area contributed by atoms with Crippen LogP contribution in [0.2, 0.25) is 0 Å². The van der Waals surface area contributed by atoms with Gasteiger partial charge >= 0.3 is 5.97 Å². The number of carboxylic acid groups (broad SMARTS) is 1. The van der Waals surface area contributed by atoms with Crippen molar-refractivity contribution in [3.05, 3.63) is 29.7 Å². The summed E-state index contributed by atoms with van der Waals surface area (Å²) in [7, 11) is 0. The van der Waals surface area contributed by atoms with E-state index in [-0.39, 0.29) is 5.56 Å². The van der Waals surface area contributed by atoms with Gasteiger partial charge in [0.2, 0.25) is 0 Å². The molecule has 2 aromatic rings. The Labute approximate surface area is 111 Å². The Morgan fingerprint density at radius 1 is 1.37 bits per heavy atom. The van der Waals surface area contributed by atoms with Gasteiger partial charge in [-0.3, -0.25) is 0 Å². The standard InChI is InChI=1S/C15H17NO3/c17-15(18)11-6-3-7-12-14(11)16-13(19-12)9-8-10-4-1-2-5-10/h3,6-7,10H,1-2,4-5,8-9H2,(H,17,18). The van der Waals surface area contributed by atoms with Gasteiger partial charge < -0.3 is 9.52 Å². The molecule has 1 aromatic heterocycles. The fraction of sp³-hybridized carbons (Fsp3) is 0.467. The molecule has 100 valence electrons. The second kappa shape index (κ2) is 5.03. The Bertz CT molecular complexity index is 596. The van der Waals surface area contributed by atoms with Crippen LogP contribution in [-0.2, 0) is 6.42 Å². The maximum atomic E-state index is 11.1. The Morgan fingerprint density at radius 2 is 2.16 bits per heavy atom. The smallest absolute Gasteiger partial charge is 0.338 e. The summed E-state index contributed by atoms with van der Waals surface area (Å²) in [5.41, 5.74) is 1.26. The van der Waals surface area contributed by atoms with Crippen LogP contribution >= 0.6 is 0 Å². The Balaban J connectivity index is 1.80. The highest BCUT2D eigenvalue weighted by atomic mass is 16.4. The molecule has 0 radical (unpaired) electrons. The number of aryl methyl sites for hydroxylation is 1. The first-order valence-corrected chi connectivity index (χ1v) is 6.86. The van der Waals surface area contributed by atoms with Crippen molar-refractivity contribution in [2.45, 2.75) is 38.5 Å². The van der Waals surface area contributed by atoms with E-state index < -0.39 is 5.97 Å². The topological polar surface area (TPSA) is 63.3 Å². The molecular formula is C15H17NO3. The van der Waals surface area contributed by atoms with Crippen molar-refractivity contribution in [2.75, 3.05) is 0 Å². The van der Waals surface area contributed by atoms with E-state index in [2.05, 4.69) is 4.98 Å². The maximum Gasteiger partial charge on any atom is 0.338 e. The number of benzene rings is 1. The molecule has 0 spiro atoms. The minimum Gasteiger partial charge on any atom is -0.478 e. The highest BCUT2D eigenvalue weighted by molar-refractivity contribution is 6.00. The van der Waals surface area contributed by atoms with E-state index in [1.54, 1.807) is 18.2 Å². The second-order valence-electron chi connectivity index (χ2n) is 5.25. The molecule has 1 heterocycles. The highest BCUT2D eigenvalue weighted by Crippen LogP contribution is 2.29. The van der Waals surface area contributed by atoms with Crippen molar-refractivity contribution in [3.63, 3.8) is 0 Å². The highest BCUT2D eigenvalue weighted by Gasteiger charge is 2.18. The van der Waals surface area contributed by atoms with Crippen LogP contribution in [0.25, 0.3) is 11.1 Å². The van der Waals surface area contributed by atoms with E-state index in [1.807, 2.05) is 0 Å². The van der Waals surface area contributed by atoms with Crippen LogP contribution in [0.5, 0.6) is 0 Å². The summed E-state index contributed by atoms with van der Waals surface area (Å²) in [5.74, 6) is 0.491. The van der Waals surface area contributed by atoms with E-state index in [1.165, 1.54) is 25.7 Å². The first-order valence-electron chi connectivity index (χ1n) is 6.86.